The molecule has 0 bridgehead atoms. The molecule has 21 heavy (non-hydrogen) atoms. The van der Waals surface area contributed by atoms with Gasteiger partial charge in [-0.15, -0.1) is 0 Å². The summed E-state index contributed by atoms with van der Waals surface area (Å²) in [5, 5.41) is 2.56. The molecule has 0 saturated heterocycles. The molecule has 2 rings (SSSR count). The summed E-state index contributed by atoms with van der Waals surface area (Å²) in [6, 6.07) is 9.62. The lowest BCUT2D eigenvalue weighted by Gasteiger charge is -2.12. The normalized spacial score (nSPS) is 13.8. The maximum absolute atomic E-state index is 11.8. The fraction of sp³-hybridized carbons (Fsp3) is 0.118. The number of rotatable bonds is 5. The first-order valence-electron chi connectivity index (χ1n) is 6.58. The summed E-state index contributed by atoms with van der Waals surface area (Å²) >= 11 is 0. The Kier molecular flexibility index (Phi) is 4.61. The van der Waals surface area contributed by atoms with Crippen molar-refractivity contribution in [2.24, 2.45) is 0 Å². The molecule has 1 aromatic rings. The van der Waals surface area contributed by atoms with Crippen LogP contribution in [0, 0.1) is 0 Å². The van der Waals surface area contributed by atoms with Crippen LogP contribution < -0.4 is 5.32 Å². The average molecular weight is 281 g/mol. The molecule has 4 heteroatoms. The standard InChI is InChI=1S/C17H15NO3/c1-12(14-8-5-9-15(19)17(14)21)18-16(20)11-10-13-6-3-2-4-7-13/h2-9H,1,10-11H2,(H,18,20). The van der Waals surface area contributed by atoms with Crippen LogP contribution in [0.15, 0.2) is 66.4 Å². The Balaban J connectivity index is 1.89. The molecule has 0 aliphatic heterocycles. The Hall–Kier alpha value is -2.75. The van der Waals surface area contributed by atoms with Crippen molar-refractivity contribution < 1.29 is 14.4 Å². The van der Waals surface area contributed by atoms with Crippen molar-refractivity contribution >= 4 is 17.5 Å². The van der Waals surface area contributed by atoms with Gasteiger partial charge in [-0.1, -0.05) is 43.0 Å². The molecular formula is C17H15NO3. The third kappa shape index (κ3) is 3.86. The van der Waals surface area contributed by atoms with Gasteiger partial charge in [0, 0.05) is 17.7 Å². The first-order chi connectivity index (χ1) is 10.1. The summed E-state index contributed by atoms with van der Waals surface area (Å²) in [5.41, 5.74) is 1.36. The van der Waals surface area contributed by atoms with Crippen molar-refractivity contribution in [2.75, 3.05) is 0 Å². The summed E-state index contributed by atoms with van der Waals surface area (Å²) in [6.45, 7) is 3.65. The molecule has 1 amide bonds. The number of nitrogens with one attached hydrogen (secondary N) is 1. The largest absolute Gasteiger partial charge is 0.326 e. The molecule has 4 nitrogen and oxygen atoms in total. The van der Waals surface area contributed by atoms with Crippen LogP contribution in [-0.2, 0) is 20.8 Å². The number of amides is 1. The van der Waals surface area contributed by atoms with Gasteiger partial charge in [-0.2, -0.15) is 0 Å². The highest BCUT2D eigenvalue weighted by Crippen LogP contribution is 2.12. The number of allylic oxidation sites excluding steroid dienone is 4. The highest BCUT2D eigenvalue weighted by Gasteiger charge is 2.22. The maximum Gasteiger partial charge on any atom is 0.234 e. The summed E-state index contributed by atoms with van der Waals surface area (Å²) in [6.07, 6.45) is 5.03. The van der Waals surface area contributed by atoms with Crippen molar-refractivity contribution in [1.82, 2.24) is 5.32 Å². The van der Waals surface area contributed by atoms with Crippen molar-refractivity contribution in [3.05, 3.63) is 72.0 Å². The molecule has 1 aromatic carbocycles. The number of hydrogen-bond donors (Lipinski definition) is 1. The number of aryl methyl sites for hydroxylation is 1. The minimum absolute atomic E-state index is 0.135. The molecule has 106 valence electrons. The van der Waals surface area contributed by atoms with E-state index in [1.807, 2.05) is 30.3 Å². The third-order valence-corrected chi connectivity index (χ3v) is 3.08. The molecule has 1 aliphatic rings. The number of benzene rings is 1. The van der Waals surface area contributed by atoms with E-state index in [2.05, 4.69) is 11.9 Å². The number of hydrogen-bond acceptors (Lipinski definition) is 3. The lowest BCUT2D eigenvalue weighted by molar-refractivity contribution is -0.131. The minimum atomic E-state index is -0.647. The summed E-state index contributed by atoms with van der Waals surface area (Å²) in [7, 11) is 0. The first-order valence-corrected chi connectivity index (χ1v) is 6.58. The second kappa shape index (κ2) is 6.61. The van der Waals surface area contributed by atoms with Crippen LogP contribution in [0.5, 0.6) is 0 Å². The van der Waals surface area contributed by atoms with Gasteiger partial charge in [0.25, 0.3) is 0 Å². The molecular weight excluding hydrogens is 266 g/mol. The molecule has 0 atom stereocenters. The Labute approximate surface area is 122 Å². The second-order valence-electron chi connectivity index (χ2n) is 4.65. The Morgan fingerprint density at radius 1 is 1.14 bits per heavy atom. The predicted octanol–water partition coefficient (Wildman–Crippen LogP) is 1.88. The summed E-state index contributed by atoms with van der Waals surface area (Å²) < 4.78 is 0. The highest BCUT2D eigenvalue weighted by molar-refractivity contribution is 6.49. The van der Waals surface area contributed by atoms with Gasteiger partial charge in [0.1, 0.15) is 0 Å². The first kappa shape index (κ1) is 14.7. The van der Waals surface area contributed by atoms with Crippen LogP contribution in [0.4, 0.5) is 0 Å². The third-order valence-electron chi connectivity index (χ3n) is 3.08. The monoisotopic (exact) mass is 281 g/mol. The zero-order chi connectivity index (χ0) is 15.2. The van der Waals surface area contributed by atoms with Crippen molar-refractivity contribution in [3.63, 3.8) is 0 Å². The predicted molar refractivity (Wildman–Crippen MR) is 79.3 cm³/mol. The Bertz CT molecular complexity index is 654. The Morgan fingerprint density at radius 3 is 2.57 bits per heavy atom. The van der Waals surface area contributed by atoms with Gasteiger partial charge >= 0.3 is 0 Å². The minimum Gasteiger partial charge on any atom is -0.326 e. The number of carbonyl (C=O) groups excluding carboxylic acids is 3. The van der Waals surface area contributed by atoms with Gasteiger partial charge in [0.2, 0.25) is 17.5 Å². The van der Waals surface area contributed by atoms with Crippen LogP contribution in [0.25, 0.3) is 0 Å². The number of carbonyl (C=O) groups is 3. The maximum atomic E-state index is 11.8. The molecule has 0 aromatic heterocycles. The fourth-order valence-corrected chi connectivity index (χ4v) is 1.95. The highest BCUT2D eigenvalue weighted by atomic mass is 16.2. The van der Waals surface area contributed by atoms with E-state index >= 15 is 0 Å². The molecule has 0 radical (unpaired) electrons. The van der Waals surface area contributed by atoms with Crippen molar-refractivity contribution in [3.8, 4) is 0 Å². The van der Waals surface area contributed by atoms with E-state index in [0.717, 1.165) is 5.56 Å². The second-order valence-corrected chi connectivity index (χ2v) is 4.65. The molecule has 0 saturated carbocycles. The lowest BCUT2D eigenvalue weighted by atomic mass is 10.00. The van der Waals surface area contributed by atoms with E-state index in [4.69, 9.17) is 0 Å². The van der Waals surface area contributed by atoms with Crippen molar-refractivity contribution in [2.45, 2.75) is 12.8 Å². The van der Waals surface area contributed by atoms with Crippen LogP contribution in [0.1, 0.15) is 12.0 Å². The zero-order valence-electron chi connectivity index (χ0n) is 11.5. The molecule has 1 aliphatic carbocycles. The van der Waals surface area contributed by atoms with Gasteiger partial charge < -0.3 is 5.32 Å². The quantitative estimate of drug-likeness (QED) is 0.662. The molecule has 0 heterocycles. The summed E-state index contributed by atoms with van der Waals surface area (Å²) in [5.74, 6) is -1.49. The summed E-state index contributed by atoms with van der Waals surface area (Å²) in [4.78, 5) is 34.8. The lowest BCUT2D eigenvalue weighted by Crippen LogP contribution is -2.28. The van der Waals surface area contributed by atoms with E-state index in [1.165, 1.54) is 18.2 Å². The van der Waals surface area contributed by atoms with Crippen LogP contribution in [-0.4, -0.2) is 17.5 Å². The van der Waals surface area contributed by atoms with E-state index in [0.29, 0.717) is 6.42 Å². The van der Waals surface area contributed by atoms with Crippen LogP contribution in [0.3, 0.4) is 0 Å². The fourth-order valence-electron chi connectivity index (χ4n) is 1.95. The van der Waals surface area contributed by atoms with Gasteiger partial charge in [0.05, 0.1) is 0 Å². The van der Waals surface area contributed by atoms with E-state index in [1.54, 1.807) is 0 Å². The number of ketones is 2. The van der Waals surface area contributed by atoms with Gasteiger partial charge in [0.15, 0.2) is 0 Å². The smallest absolute Gasteiger partial charge is 0.234 e. The zero-order valence-corrected chi connectivity index (χ0v) is 11.5. The van der Waals surface area contributed by atoms with Crippen molar-refractivity contribution in [1.29, 1.82) is 0 Å². The van der Waals surface area contributed by atoms with E-state index < -0.39 is 11.6 Å². The number of Topliss-reactive ketones (excluding diaryl/α,β-unsaturated/α-hetero) is 1. The van der Waals surface area contributed by atoms with E-state index in [-0.39, 0.29) is 23.6 Å². The topological polar surface area (TPSA) is 63.2 Å². The van der Waals surface area contributed by atoms with E-state index in [9.17, 15) is 14.4 Å². The molecule has 1 N–H and O–H groups in total. The Morgan fingerprint density at radius 2 is 1.86 bits per heavy atom. The molecule has 0 fully saturated rings. The van der Waals surface area contributed by atoms with Gasteiger partial charge in [-0.3, -0.25) is 14.4 Å². The SMILES string of the molecule is C=C(NC(=O)CCc1ccccc1)C1=CC=CC(=O)C1=O. The van der Waals surface area contributed by atoms with Gasteiger partial charge in [-0.05, 0) is 24.1 Å². The van der Waals surface area contributed by atoms with Crippen LogP contribution in [0.2, 0.25) is 0 Å². The van der Waals surface area contributed by atoms with Gasteiger partial charge in [-0.25, -0.2) is 0 Å². The molecule has 0 spiro atoms. The van der Waals surface area contributed by atoms with Crippen LogP contribution >= 0.6 is 0 Å². The average Bonchev–Trinajstić information content (AvgIpc) is 2.49. The molecule has 0 unspecified atom stereocenters.